The lowest BCUT2D eigenvalue weighted by Gasteiger charge is -2.39. The van der Waals surface area contributed by atoms with Gasteiger partial charge in [-0.25, -0.2) is 0 Å². The molecular weight excluding hydrogens is 216 g/mol. The topological polar surface area (TPSA) is 16.1 Å². The summed E-state index contributed by atoms with van der Waals surface area (Å²) in [6.45, 7) is 4.61. The molecule has 2 rings (SSSR count). The largest absolute Gasteiger partial charge is 0.370 e. The summed E-state index contributed by atoms with van der Waals surface area (Å²) in [6.07, 6.45) is 3.68. The monoisotopic (exact) mass is 226 g/mol. The van der Waals surface area contributed by atoms with E-state index in [0.717, 1.165) is 10.4 Å². The highest BCUT2D eigenvalue weighted by molar-refractivity contribution is 9.10. The molecule has 1 saturated heterocycles. The summed E-state index contributed by atoms with van der Waals surface area (Å²) in [5.74, 6) is 0.838. The first-order valence-electron chi connectivity index (χ1n) is 4.12. The minimum atomic E-state index is 0.838. The Labute approximate surface area is 80.7 Å². The molecule has 1 fully saturated rings. The van der Waals surface area contributed by atoms with Gasteiger partial charge < -0.3 is 4.90 Å². The smallest absolute Gasteiger partial charge is 0.0592 e. The van der Waals surface area contributed by atoms with Gasteiger partial charge in [0.1, 0.15) is 0 Å². The number of aromatic nitrogens is 1. The molecule has 0 aromatic carbocycles. The van der Waals surface area contributed by atoms with Gasteiger partial charge in [0.15, 0.2) is 0 Å². The fraction of sp³-hybridized carbons (Fsp3) is 0.444. The van der Waals surface area contributed by atoms with E-state index >= 15 is 0 Å². The van der Waals surface area contributed by atoms with Crippen molar-refractivity contribution in [2.75, 3.05) is 18.0 Å². The summed E-state index contributed by atoms with van der Waals surface area (Å²) in [7, 11) is 0. The normalized spacial score (nSPS) is 17.7. The van der Waals surface area contributed by atoms with Gasteiger partial charge in [-0.15, -0.1) is 0 Å². The second-order valence-corrected chi connectivity index (χ2v) is 4.19. The molecule has 0 amide bonds. The van der Waals surface area contributed by atoms with Crippen LogP contribution in [0.5, 0.6) is 0 Å². The van der Waals surface area contributed by atoms with Crippen LogP contribution in [0.2, 0.25) is 0 Å². The SMILES string of the molecule is CC1CN(c2ccncc2Br)C1. The Morgan fingerprint density at radius 3 is 2.92 bits per heavy atom. The Balaban J connectivity index is 2.18. The zero-order chi connectivity index (χ0) is 8.55. The fourth-order valence-corrected chi connectivity index (χ4v) is 2.02. The Kier molecular flexibility index (Phi) is 2.05. The number of hydrogen-bond donors (Lipinski definition) is 0. The number of anilines is 1. The van der Waals surface area contributed by atoms with Crippen molar-refractivity contribution in [2.45, 2.75) is 6.92 Å². The number of nitrogens with zero attached hydrogens (tertiary/aromatic N) is 2. The van der Waals surface area contributed by atoms with E-state index in [1.54, 1.807) is 0 Å². The van der Waals surface area contributed by atoms with Crippen molar-refractivity contribution in [1.29, 1.82) is 0 Å². The van der Waals surface area contributed by atoms with Crippen molar-refractivity contribution in [3.05, 3.63) is 22.9 Å². The van der Waals surface area contributed by atoms with Crippen molar-refractivity contribution in [3.8, 4) is 0 Å². The maximum atomic E-state index is 4.03. The van der Waals surface area contributed by atoms with Crippen LogP contribution in [0.3, 0.4) is 0 Å². The summed E-state index contributed by atoms with van der Waals surface area (Å²) in [5, 5.41) is 0. The Morgan fingerprint density at radius 2 is 2.33 bits per heavy atom. The van der Waals surface area contributed by atoms with Crippen LogP contribution in [0.1, 0.15) is 6.92 Å². The third-order valence-electron chi connectivity index (χ3n) is 2.16. The number of halogens is 1. The average Bonchev–Trinajstić information content (AvgIpc) is 2.01. The molecule has 1 aliphatic heterocycles. The van der Waals surface area contributed by atoms with Crippen molar-refractivity contribution >= 4 is 21.6 Å². The van der Waals surface area contributed by atoms with Crippen LogP contribution in [0.25, 0.3) is 0 Å². The van der Waals surface area contributed by atoms with Gasteiger partial charge >= 0.3 is 0 Å². The molecule has 0 atom stereocenters. The zero-order valence-corrected chi connectivity index (χ0v) is 8.58. The lowest BCUT2D eigenvalue weighted by molar-refractivity contribution is 0.446. The molecule has 0 spiro atoms. The van der Waals surface area contributed by atoms with Gasteiger partial charge in [0.25, 0.3) is 0 Å². The van der Waals surface area contributed by atoms with Crippen LogP contribution >= 0.6 is 15.9 Å². The highest BCUT2D eigenvalue weighted by Gasteiger charge is 2.23. The van der Waals surface area contributed by atoms with E-state index in [4.69, 9.17) is 0 Å². The number of pyridine rings is 1. The van der Waals surface area contributed by atoms with E-state index in [0.29, 0.717) is 0 Å². The van der Waals surface area contributed by atoms with E-state index in [2.05, 4.69) is 38.8 Å². The van der Waals surface area contributed by atoms with Crippen molar-refractivity contribution < 1.29 is 0 Å². The molecule has 64 valence electrons. The first-order valence-corrected chi connectivity index (χ1v) is 4.91. The number of hydrogen-bond acceptors (Lipinski definition) is 2. The Morgan fingerprint density at radius 1 is 1.58 bits per heavy atom. The van der Waals surface area contributed by atoms with Crippen LogP contribution in [-0.4, -0.2) is 18.1 Å². The van der Waals surface area contributed by atoms with Gasteiger partial charge in [0.2, 0.25) is 0 Å². The predicted octanol–water partition coefficient (Wildman–Crippen LogP) is 2.30. The molecule has 0 radical (unpaired) electrons. The summed E-state index contributed by atoms with van der Waals surface area (Å²) in [6, 6.07) is 2.05. The fourth-order valence-electron chi connectivity index (χ4n) is 1.52. The molecule has 1 aliphatic rings. The molecule has 0 unspecified atom stereocenters. The van der Waals surface area contributed by atoms with Crippen molar-refractivity contribution in [3.63, 3.8) is 0 Å². The van der Waals surface area contributed by atoms with Crippen molar-refractivity contribution in [1.82, 2.24) is 4.98 Å². The molecule has 1 aromatic heterocycles. The Hall–Kier alpha value is -0.570. The first-order chi connectivity index (χ1) is 5.77. The molecule has 0 aliphatic carbocycles. The van der Waals surface area contributed by atoms with Gasteiger partial charge in [0, 0.05) is 25.5 Å². The highest BCUT2D eigenvalue weighted by Crippen LogP contribution is 2.30. The van der Waals surface area contributed by atoms with Gasteiger partial charge in [-0.2, -0.15) is 0 Å². The van der Waals surface area contributed by atoms with E-state index in [1.807, 2.05) is 12.4 Å². The zero-order valence-electron chi connectivity index (χ0n) is 7.00. The third-order valence-corrected chi connectivity index (χ3v) is 2.77. The molecule has 2 nitrogen and oxygen atoms in total. The predicted molar refractivity (Wildman–Crippen MR) is 53.3 cm³/mol. The minimum Gasteiger partial charge on any atom is -0.370 e. The minimum absolute atomic E-state index is 0.838. The van der Waals surface area contributed by atoms with Crippen molar-refractivity contribution in [2.24, 2.45) is 5.92 Å². The van der Waals surface area contributed by atoms with Crippen LogP contribution in [0.4, 0.5) is 5.69 Å². The summed E-state index contributed by atoms with van der Waals surface area (Å²) in [5.41, 5.74) is 1.27. The van der Waals surface area contributed by atoms with Crippen LogP contribution in [0, 0.1) is 5.92 Å². The van der Waals surface area contributed by atoms with Crippen LogP contribution < -0.4 is 4.90 Å². The average molecular weight is 227 g/mol. The Bertz CT molecular complexity index is 282. The van der Waals surface area contributed by atoms with Gasteiger partial charge in [-0.1, -0.05) is 6.92 Å². The van der Waals surface area contributed by atoms with Gasteiger partial charge in [0.05, 0.1) is 10.2 Å². The van der Waals surface area contributed by atoms with Crippen LogP contribution in [0.15, 0.2) is 22.9 Å². The third kappa shape index (κ3) is 1.33. The quantitative estimate of drug-likeness (QED) is 0.731. The molecule has 0 saturated carbocycles. The molecule has 1 aromatic rings. The second-order valence-electron chi connectivity index (χ2n) is 3.34. The maximum Gasteiger partial charge on any atom is 0.0592 e. The molecule has 3 heteroatoms. The van der Waals surface area contributed by atoms with Crippen LogP contribution in [-0.2, 0) is 0 Å². The molecular formula is C9H11BrN2. The molecule has 2 heterocycles. The lowest BCUT2D eigenvalue weighted by atomic mass is 10.0. The summed E-state index contributed by atoms with van der Waals surface area (Å²) in [4.78, 5) is 6.39. The van der Waals surface area contributed by atoms with E-state index in [9.17, 15) is 0 Å². The standard InChI is InChI=1S/C9H11BrN2/c1-7-5-12(6-7)9-2-3-11-4-8(9)10/h2-4,7H,5-6H2,1H3. The highest BCUT2D eigenvalue weighted by atomic mass is 79.9. The summed E-state index contributed by atoms with van der Waals surface area (Å²) >= 11 is 3.49. The van der Waals surface area contributed by atoms with E-state index in [1.165, 1.54) is 18.8 Å². The lowest BCUT2D eigenvalue weighted by Crippen LogP contribution is -2.45. The van der Waals surface area contributed by atoms with E-state index < -0.39 is 0 Å². The van der Waals surface area contributed by atoms with E-state index in [-0.39, 0.29) is 0 Å². The number of rotatable bonds is 1. The molecule has 0 bridgehead atoms. The maximum absolute atomic E-state index is 4.03. The second kappa shape index (κ2) is 3.05. The van der Waals surface area contributed by atoms with Gasteiger partial charge in [-0.05, 0) is 27.9 Å². The summed E-state index contributed by atoms with van der Waals surface area (Å²) < 4.78 is 1.09. The molecule has 0 N–H and O–H groups in total. The van der Waals surface area contributed by atoms with Gasteiger partial charge in [-0.3, -0.25) is 4.98 Å². The molecule has 12 heavy (non-hydrogen) atoms. The first kappa shape index (κ1) is 8.05.